The molecule has 10 nitrogen and oxygen atoms in total. The van der Waals surface area contributed by atoms with Crippen molar-refractivity contribution >= 4 is 28.8 Å². The summed E-state index contributed by atoms with van der Waals surface area (Å²) in [6.45, 7) is 4.16. The molecule has 2 amide bonds. The minimum atomic E-state index is -0.787. The Hall–Kier alpha value is -3.27. The van der Waals surface area contributed by atoms with Crippen molar-refractivity contribution in [3.05, 3.63) is 36.4 Å². The SMILES string of the molecule is CCOC(=O)[C@H]1[C@@H]2C(=O)N(CCCO)[C@H](C(=O)NCn3nnc4ccccc43)[C@H]2C=C[C@H]1CC. The summed E-state index contributed by atoms with van der Waals surface area (Å²) >= 11 is 0. The lowest BCUT2D eigenvalue weighted by Crippen LogP contribution is -2.48. The minimum absolute atomic E-state index is 0.0951. The highest BCUT2D eigenvalue weighted by atomic mass is 16.5. The number of aliphatic hydroxyl groups excluding tert-OH is 1. The molecule has 2 aromatic rings. The van der Waals surface area contributed by atoms with E-state index in [1.165, 1.54) is 4.90 Å². The fourth-order valence-electron chi connectivity index (χ4n) is 5.22. The first kappa shape index (κ1) is 23.9. The summed E-state index contributed by atoms with van der Waals surface area (Å²) < 4.78 is 6.90. The number of rotatable bonds is 9. The molecule has 1 saturated heterocycles. The van der Waals surface area contributed by atoms with Crippen molar-refractivity contribution < 1.29 is 24.2 Å². The molecule has 0 radical (unpaired) electrons. The summed E-state index contributed by atoms with van der Waals surface area (Å²) in [5, 5.41) is 20.5. The van der Waals surface area contributed by atoms with Gasteiger partial charge in [-0.3, -0.25) is 14.4 Å². The first-order valence-corrected chi connectivity index (χ1v) is 11.8. The highest BCUT2D eigenvalue weighted by Gasteiger charge is 2.57. The molecule has 0 bridgehead atoms. The van der Waals surface area contributed by atoms with Gasteiger partial charge in [-0.25, -0.2) is 4.68 Å². The van der Waals surface area contributed by atoms with E-state index in [0.717, 1.165) is 11.0 Å². The number of aromatic nitrogens is 3. The lowest BCUT2D eigenvalue weighted by molar-refractivity contribution is -0.155. The summed E-state index contributed by atoms with van der Waals surface area (Å²) in [7, 11) is 0. The maximum absolute atomic E-state index is 13.5. The number of ether oxygens (including phenoxy) is 1. The monoisotopic (exact) mass is 469 g/mol. The van der Waals surface area contributed by atoms with E-state index in [1.807, 2.05) is 43.3 Å². The molecular formula is C24H31N5O5. The number of benzene rings is 1. The quantitative estimate of drug-likeness (QED) is 0.416. The van der Waals surface area contributed by atoms with E-state index in [9.17, 15) is 19.5 Å². The first-order chi connectivity index (χ1) is 16.5. The molecule has 10 heteroatoms. The van der Waals surface area contributed by atoms with E-state index in [0.29, 0.717) is 12.8 Å². The Labute approximate surface area is 197 Å². The van der Waals surface area contributed by atoms with Gasteiger partial charge in [-0.2, -0.15) is 0 Å². The molecule has 0 saturated carbocycles. The van der Waals surface area contributed by atoms with E-state index < -0.39 is 29.8 Å². The number of hydrogen-bond donors (Lipinski definition) is 2. The van der Waals surface area contributed by atoms with E-state index in [4.69, 9.17) is 4.74 Å². The van der Waals surface area contributed by atoms with Gasteiger partial charge in [0.2, 0.25) is 11.8 Å². The average molecular weight is 470 g/mol. The van der Waals surface area contributed by atoms with Crippen LogP contribution in [0.5, 0.6) is 0 Å². The van der Waals surface area contributed by atoms with Gasteiger partial charge in [-0.1, -0.05) is 36.4 Å². The Kier molecular flexibility index (Phi) is 7.26. The molecule has 182 valence electrons. The maximum atomic E-state index is 13.5. The second kappa shape index (κ2) is 10.3. The highest BCUT2D eigenvalue weighted by molar-refractivity contribution is 5.96. The predicted molar refractivity (Wildman–Crippen MR) is 123 cm³/mol. The molecular weight excluding hydrogens is 438 g/mol. The van der Waals surface area contributed by atoms with Crippen LogP contribution in [0.15, 0.2) is 36.4 Å². The maximum Gasteiger partial charge on any atom is 0.310 e. The number of nitrogens with one attached hydrogen (secondary N) is 1. The van der Waals surface area contributed by atoms with Crippen LogP contribution in [0, 0.1) is 23.7 Å². The van der Waals surface area contributed by atoms with Crippen LogP contribution in [-0.4, -0.2) is 68.6 Å². The molecule has 4 rings (SSSR count). The van der Waals surface area contributed by atoms with Gasteiger partial charge in [0, 0.05) is 19.1 Å². The Morgan fingerprint density at radius 3 is 2.74 bits per heavy atom. The normalized spacial score (nSPS) is 26.0. The third-order valence-corrected chi connectivity index (χ3v) is 6.79. The Bertz CT molecular complexity index is 1080. The van der Waals surface area contributed by atoms with E-state index >= 15 is 0 Å². The molecule has 1 fully saturated rings. The number of allylic oxidation sites excluding steroid dienone is 1. The van der Waals surface area contributed by atoms with Crippen molar-refractivity contribution in [2.45, 2.75) is 39.4 Å². The van der Waals surface area contributed by atoms with Gasteiger partial charge in [-0.05, 0) is 37.8 Å². The highest BCUT2D eigenvalue weighted by Crippen LogP contribution is 2.45. The lowest BCUT2D eigenvalue weighted by atomic mass is 9.69. The second-order valence-electron chi connectivity index (χ2n) is 8.67. The van der Waals surface area contributed by atoms with Crippen molar-refractivity contribution in [1.29, 1.82) is 0 Å². The van der Waals surface area contributed by atoms with Crippen LogP contribution in [-0.2, 0) is 25.8 Å². The van der Waals surface area contributed by atoms with Gasteiger partial charge in [0.25, 0.3) is 0 Å². The average Bonchev–Trinajstić information content (AvgIpc) is 3.39. The molecule has 0 spiro atoms. The van der Waals surface area contributed by atoms with Gasteiger partial charge >= 0.3 is 5.97 Å². The first-order valence-electron chi connectivity index (χ1n) is 11.8. The molecule has 1 aromatic carbocycles. The molecule has 2 N–H and O–H groups in total. The van der Waals surface area contributed by atoms with Gasteiger partial charge in [-0.15, -0.1) is 5.10 Å². The number of amides is 2. The summed E-state index contributed by atoms with van der Waals surface area (Å²) in [4.78, 5) is 41.4. The van der Waals surface area contributed by atoms with E-state index in [1.54, 1.807) is 11.6 Å². The summed E-state index contributed by atoms with van der Waals surface area (Å²) in [6.07, 6.45) is 4.87. The van der Waals surface area contributed by atoms with Gasteiger partial charge in [0.1, 0.15) is 18.2 Å². The Morgan fingerprint density at radius 1 is 1.21 bits per heavy atom. The topological polar surface area (TPSA) is 127 Å². The number of esters is 1. The van der Waals surface area contributed by atoms with Gasteiger partial charge in [0.05, 0.1) is 24.0 Å². The minimum Gasteiger partial charge on any atom is -0.466 e. The van der Waals surface area contributed by atoms with Crippen LogP contribution in [0.3, 0.4) is 0 Å². The van der Waals surface area contributed by atoms with Gasteiger partial charge < -0.3 is 20.1 Å². The third-order valence-electron chi connectivity index (χ3n) is 6.79. The molecule has 2 heterocycles. The lowest BCUT2D eigenvalue weighted by Gasteiger charge is -2.33. The van der Waals surface area contributed by atoms with Crippen molar-refractivity contribution in [1.82, 2.24) is 25.2 Å². The molecule has 1 aromatic heterocycles. The van der Waals surface area contributed by atoms with Crippen molar-refractivity contribution in [2.24, 2.45) is 23.7 Å². The van der Waals surface area contributed by atoms with Crippen molar-refractivity contribution in [2.75, 3.05) is 19.8 Å². The van der Waals surface area contributed by atoms with Gasteiger partial charge in [0.15, 0.2) is 0 Å². The third kappa shape index (κ3) is 4.29. The zero-order valence-corrected chi connectivity index (χ0v) is 19.5. The van der Waals surface area contributed by atoms with Crippen molar-refractivity contribution in [3.8, 4) is 0 Å². The Morgan fingerprint density at radius 2 is 2.00 bits per heavy atom. The number of carbonyl (C=O) groups excluding carboxylic acids is 3. The van der Waals surface area contributed by atoms with Crippen LogP contribution in [0.1, 0.15) is 26.7 Å². The van der Waals surface area contributed by atoms with E-state index in [-0.39, 0.29) is 44.2 Å². The number of hydrogen-bond acceptors (Lipinski definition) is 7. The number of para-hydroxylation sites is 1. The van der Waals surface area contributed by atoms with Crippen LogP contribution in [0.2, 0.25) is 0 Å². The molecule has 1 aliphatic carbocycles. The molecule has 0 unspecified atom stereocenters. The molecule has 2 aliphatic rings. The second-order valence-corrected chi connectivity index (χ2v) is 8.67. The van der Waals surface area contributed by atoms with E-state index in [2.05, 4.69) is 15.6 Å². The zero-order valence-electron chi connectivity index (χ0n) is 19.5. The van der Waals surface area contributed by atoms with Crippen LogP contribution in [0.4, 0.5) is 0 Å². The standard InChI is InChI=1S/C24H31N5O5/c1-3-15-10-11-16-20(19(15)24(33)34-4-2)23(32)28(12-7-13-30)21(16)22(31)25-14-29-18-9-6-5-8-17(18)26-27-29/h5-6,8-11,15-16,19-21,30H,3-4,7,12-14H2,1-2H3,(H,25,31)/t15-,16+,19-,20-,21+/m1/s1. The number of fused-ring (bicyclic) bond motifs is 2. The largest absolute Gasteiger partial charge is 0.466 e. The van der Waals surface area contributed by atoms with Crippen molar-refractivity contribution in [3.63, 3.8) is 0 Å². The summed E-state index contributed by atoms with van der Waals surface area (Å²) in [5.41, 5.74) is 1.50. The fraction of sp³-hybridized carbons (Fsp3) is 0.542. The molecule has 1 aliphatic heterocycles. The summed E-state index contributed by atoms with van der Waals surface area (Å²) in [5.74, 6) is -2.88. The molecule has 5 atom stereocenters. The number of nitrogens with zero attached hydrogens (tertiary/aromatic N) is 4. The van der Waals surface area contributed by atoms with Crippen LogP contribution >= 0.6 is 0 Å². The van der Waals surface area contributed by atoms with Crippen LogP contribution < -0.4 is 5.32 Å². The smallest absolute Gasteiger partial charge is 0.310 e. The molecule has 34 heavy (non-hydrogen) atoms. The fourth-order valence-corrected chi connectivity index (χ4v) is 5.22. The summed E-state index contributed by atoms with van der Waals surface area (Å²) in [6, 6.07) is 6.65. The number of aliphatic hydroxyl groups is 1. The number of likely N-dealkylation sites (tertiary alicyclic amines) is 1. The number of carbonyl (C=O) groups is 3. The Balaban J connectivity index is 1.60. The zero-order chi connectivity index (χ0) is 24.2. The predicted octanol–water partition coefficient (Wildman–Crippen LogP) is 1.11. The van der Waals surface area contributed by atoms with Crippen LogP contribution in [0.25, 0.3) is 11.0 Å².